The molecule has 0 spiro atoms. The van der Waals surface area contributed by atoms with Crippen molar-refractivity contribution >= 4 is 34.9 Å². The van der Waals surface area contributed by atoms with Crippen LogP contribution in [0, 0.1) is 0 Å². The minimum absolute atomic E-state index is 0.0702. The van der Waals surface area contributed by atoms with Gasteiger partial charge in [-0.25, -0.2) is 0 Å². The van der Waals surface area contributed by atoms with E-state index in [2.05, 4.69) is 83.0 Å². The lowest BCUT2D eigenvalue weighted by molar-refractivity contribution is -0.777. The smallest absolute Gasteiger partial charge is 0.209 e. The van der Waals surface area contributed by atoms with Gasteiger partial charge in [-0.3, -0.25) is 9.83 Å². The molecule has 0 saturated carbocycles. The quantitative estimate of drug-likeness (QED) is 0.222. The maximum Gasteiger partial charge on any atom is 0.209 e. The van der Waals surface area contributed by atoms with E-state index in [1.54, 1.807) is 6.92 Å². The number of benzene rings is 2. The summed E-state index contributed by atoms with van der Waals surface area (Å²) >= 11 is 0.933. The molecule has 2 aromatic carbocycles. The molecule has 2 unspecified atom stereocenters. The molecule has 2 aromatic rings. The number of carbonyl (C=O) groups is 1. The minimum Gasteiger partial charge on any atom is -0.691 e. The van der Waals surface area contributed by atoms with Crippen LogP contribution in [-0.4, -0.2) is 41.4 Å². The highest BCUT2D eigenvalue weighted by molar-refractivity contribution is 7.94. The molecule has 0 saturated heterocycles. The molecule has 40 heavy (non-hydrogen) atoms. The molecule has 5 aliphatic rings. The first kappa shape index (κ1) is 26.2. The topological polar surface area (TPSA) is 74.1 Å². The molecular formula is C32H34N2O5S. The molecule has 0 amide bonds. The maximum absolute atomic E-state index is 11.9. The Bertz CT molecular complexity index is 1550. The van der Waals surface area contributed by atoms with Crippen molar-refractivity contribution < 1.29 is 28.7 Å². The number of Topliss-reactive ketones (excluding diaryl/α,β-unsaturated/α-hetero) is 1. The molecule has 0 bridgehead atoms. The van der Waals surface area contributed by atoms with Gasteiger partial charge in [0.25, 0.3) is 0 Å². The van der Waals surface area contributed by atoms with Crippen LogP contribution < -0.4 is 10.2 Å². The standard InChI is InChI=1S/C32H34N2O5S/c1-18(35)14-19-6-8-25-23(15-19)31(2,3)29-21-17-22-28(37-27(21)10-12-33(25)29)11-13-34-26-9-7-20(40-39-38-36)16-24(26)32(4,5)30(22)34/h6-9,15-17,27-28H,10-14H2,1-5H3. The van der Waals surface area contributed by atoms with Gasteiger partial charge < -0.3 is 14.9 Å². The predicted octanol–water partition coefficient (Wildman–Crippen LogP) is 4.98. The van der Waals surface area contributed by atoms with Gasteiger partial charge in [0, 0.05) is 63.9 Å². The number of fused-ring (bicyclic) bond motifs is 8. The molecule has 2 atom stereocenters. The van der Waals surface area contributed by atoms with Crippen molar-refractivity contribution in [2.45, 2.75) is 81.8 Å². The van der Waals surface area contributed by atoms with Gasteiger partial charge in [0.15, 0.2) is 12.3 Å². The average Bonchev–Trinajstić information content (AvgIpc) is 3.29. The highest BCUT2D eigenvalue weighted by Gasteiger charge is 2.54. The van der Waals surface area contributed by atoms with Gasteiger partial charge in [-0.05, 0) is 62.6 Å². The van der Waals surface area contributed by atoms with Crippen LogP contribution in [0.15, 0.2) is 64.2 Å². The number of nitrogens with zero attached hydrogens (tertiary/aromatic N) is 2. The fourth-order valence-corrected chi connectivity index (χ4v) is 8.22. The number of allylic oxidation sites excluding steroid dienone is 1. The van der Waals surface area contributed by atoms with E-state index in [4.69, 9.17) is 4.74 Å². The second-order valence-electron chi connectivity index (χ2n) is 12.6. The Hall–Kier alpha value is -2.75. The van der Waals surface area contributed by atoms with E-state index in [9.17, 15) is 10.1 Å². The molecule has 8 heteroatoms. The Morgan fingerprint density at radius 3 is 2.70 bits per heavy atom. The summed E-state index contributed by atoms with van der Waals surface area (Å²) in [5.74, 6) is 0.183. The summed E-state index contributed by atoms with van der Waals surface area (Å²) in [5, 5.41) is 14.0. The van der Waals surface area contributed by atoms with Crippen LogP contribution in [0.5, 0.6) is 0 Å². The van der Waals surface area contributed by atoms with E-state index in [0.29, 0.717) is 6.42 Å². The number of rotatable bonds is 5. The summed E-state index contributed by atoms with van der Waals surface area (Å²) in [7, 11) is 0. The van der Waals surface area contributed by atoms with Crippen molar-refractivity contribution in [1.82, 2.24) is 0 Å². The highest BCUT2D eigenvalue weighted by Crippen LogP contribution is 2.54. The van der Waals surface area contributed by atoms with Crippen LogP contribution >= 0.6 is 12.0 Å². The van der Waals surface area contributed by atoms with Gasteiger partial charge in [0.1, 0.15) is 5.78 Å². The predicted molar refractivity (Wildman–Crippen MR) is 151 cm³/mol. The van der Waals surface area contributed by atoms with E-state index in [0.717, 1.165) is 48.4 Å². The highest BCUT2D eigenvalue weighted by atomic mass is 32.2. The zero-order chi connectivity index (χ0) is 28.0. The van der Waals surface area contributed by atoms with Crippen molar-refractivity contribution in [3.05, 3.63) is 76.0 Å². The third-order valence-electron chi connectivity index (χ3n) is 9.40. The summed E-state index contributed by atoms with van der Waals surface area (Å²) in [6.07, 6.45) is 4.96. The lowest BCUT2D eigenvalue weighted by Gasteiger charge is -2.42. The summed E-state index contributed by atoms with van der Waals surface area (Å²) in [4.78, 5) is 15.2. The maximum atomic E-state index is 11.9. The number of anilines is 1. The molecule has 0 radical (unpaired) electrons. The van der Waals surface area contributed by atoms with Gasteiger partial charge in [-0.2, -0.15) is 8.91 Å². The lowest BCUT2D eigenvalue weighted by Crippen LogP contribution is -2.47. The molecule has 5 aliphatic heterocycles. The van der Waals surface area contributed by atoms with Gasteiger partial charge >= 0.3 is 0 Å². The molecule has 0 aliphatic carbocycles. The fraction of sp³-hybridized carbons (Fsp3) is 0.438. The van der Waals surface area contributed by atoms with Gasteiger partial charge in [-0.15, -0.1) is 0 Å². The SMILES string of the molecule is CC(=O)Cc1ccc2c(c1)C(C)(C)C1=C3C=C4C5=[N+](CCC4OC3CCN12)c1ccc(SOO[O-])cc1C5(C)C. The van der Waals surface area contributed by atoms with Crippen molar-refractivity contribution in [3.8, 4) is 0 Å². The third kappa shape index (κ3) is 3.73. The Balaban J connectivity index is 1.34. The van der Waals surface area contributed by atoms with Crippen LogP contribution in [-0.2, 0) is 36.2 Å². The summed E-state index contributed by atoms with van der Waals surface area (Å²) in [6, 6.07) is 12.7. The zero-order valence-electron chi connectivity index (χ0n) is 23.6. The molecule has 7 nitrogen and oxygen atoms in total. The number of hydrogen-bond donors (Lipinski definition) is 0. The first-order valence-electron chi connectivity index (χ1n) is 14.1. The second kappa shape index (κ2) is 9.13. The molecule has 5 heterocycles. The number of carbonyl (C=O) groups excluding carboxylic acids is 1. The van der Waals surface area contributed by atoms with Gasteiger partial charge in [0.05, 0.1) is 29.7 Å². The summed E-state index contributed by atoms with van der Waals surface area (Å²) in [5.41, 5.74) is 10.7. The third-order valence-corrected chi connectivity index (χ3v) is 9.97. The lowest BCUT2D eigenvalue weighted by atomic mass is 9.74. The van der Waals surface area contributed by atoms with Crippen molar-refractivity contribution in [2.75, 3.05) is 18.0 Å². The molecule has 0 N–H and O–H groups in total. The Labute approximate surface area is 239 Å². The van der Waals surface area contributed by atoms with E-state index in [1.165, 1.54) is 45.1 Å². The first-order chi connectivity index (χ1) is 19.1. The first-order valence-corrected chi connectivity index (χ1v) is 14.8. The summed E-state index contributed by atoms with van der Waals surface area (Å²) in [6.45, 7) is 12.6. The van der Waals surface area contributed by atoms with Crippen molar-refractivity contribution in [1.29, 1.82) is 0 Å². The molecule has 208 valence electrons. The van der Waals surface area contributed by atoms with Crippen LogP contribution in [0.1, 0.15) is 64.2 Å². The van der Waals surface area contributed by atoms with E-state index in [-0.39, 0.29) is 28.8 Å². The number of ether oxygens (including phenoxy) is 1. The number of hydrogen-bond acceptors (Lipinski definition) is 7. The summed E-state index contributed by atoms with van der Waals surface area (Å²) < 4.78 is 14.0. The van der Waals surface area contributed by atoms with Crippen LogP contribution in [0.25, 0.3) is 0 Å². The molecule has 7 rings (SSSR count). The van der Waals surface area contributed by atoms with E-state index >= 15 is 0 Å². The van der Waals surface area contributed by atoms with Crippen molar-refractivity contribution in [2.24, 2.45) is 0 Å². The van der Waals surface area contributed by atoms with Crippen LogP contribution in [0.4, 0.5) is 11.4 Å². The Morgan fingerprint density at radius 1 is 1.10 bits per heavy atom. The largest absolute Gasteiger partial charge is 0.691 e. The molecule has 0 fully saturated rings. The molecule has 0 aromatic heterocycles. The van der Waals surface area contributed by atoms with E-state index < -0.39 is 0 Å². The van der Waals surface area contributed by atoms with Crippen molar-refractivity contribution in [3.63, 3.8) is 0 Å². The van der Waals surface area contributed by atoms with Crippen LogP contribution in [0.2, 0.25) is 0 Å². The van der Waals surface area contributed by atoms with Crippen LogP contribution in [0.3, 0.4) is 0 Å². The monoisotopic (exact) mass is 558 g/mol. The molecular weight excluding hydrogens is 524 g/mol. The average molecular weight is 559 g/mol. The Morgan fingerprint density at radius 2 is 1.93 bits per heavy atom. The Kier molecular flexibility index (Phi) is 5.97. The van der Waals surface area contributed by atoms with Gasteiger partial charge in [0.2, 0.25) is 5.69 Å². The fourth-order valence-electron chi connectivity index (χ4n) is 7.82. The second-order valence-corrected chi connectivity index (χ2v) is 13.4. The van der Waals surface area contributed by atoms with E-state index in [1.807, 2.05) is 6.07 Å². The van der Waals surface area contributed by atoms with Gasteiger partial charge in [-0.1, -0.05) is 26.0 Å². The zero-order valence-corrected chi connectivity index (χ0v) is 24.4. The normalized spacial score (nSPS) is 25.1. The minimum atomic E-state index is -0.250. The number of ketones is 1.